The van der Waals surface area contributed by atoms with E-state index < -0.39 is 6.10 Å². The van der Waals surface area contributed by atoms with Gasteiger partial charge < -0.3 is 14.5 Å². The first-order valence-electron chi connectivity index (χ1n) is 9.02. The molecule has 2 atom stereocenters. The Hall–Kier alpha value is -1.95. The van der Waals surface area contributed by atoms with Gasteiger partial charge in [-0.25, -0.2) is 4.39 Å². The largest absolute Gasteiger partial charge is 0.382 e. The molecule has 2 heterocycles. The van der Waals surface area contributed by atoms with Crippen LogP contribution in [0.1, 0.15) is 38.2 Å². The molecule has 1 aromatic carbocycles. The van der Waals surface area contributed by atoms with Crippen LogP contribution in [0.15, 0.2) is 29.4 Å². The van der Waals surface area contributed by atoms with Crippen molar-refractivity contribution < 1.29 is 18.8 Å². The van der Waals surface area contributed by atoms with E-state index in [0.717, 1.165) is 37.1 Å². The molecule has 1 amide bonds. The van der Waals surface area contributed by atoms with E-state index in [4.69, 9.17) is 9.57 Å². The van der Waals surface area contributed by atoms with Gasteiger partial charge in [-0.2, -0.15) is 0 Å². The zero-order valence-corrected chi connectivity index (χ0v) is 14.6. The van der Waals surface area contributed by atoms with Crippen LogP contribution in [0.2, 0.25) is 0 Å². The monoisotopic (exact) mass is 348 g/mol. The maximum absolute atomic E-state index is 13.0. The summed E-state index contributed by atoms with van der Waals surface area (Å²) in [5.41, 5.74) is 1.78. The number of hydrogen-bond donors (Lipinski definition) is 0. The molecule has 5 nitrogen and oxygen atoms in total. The topological polar surface area (TPSA) is 51.1 Å². The Labute approximate surface area is 147 Å². The second-order valence-corrected chi connectivity index (χ2v) is 6.68. The van der Waals surface area contributed by atoms with Gasteiger partial charge in [-0.15, -0.1) is 0 Å². The van der Waals surface area contributed by atoms with E-state index in [9.17, 15) is 9.18 Å². The summed E-state index contributed by atoms with van der Waals surface area (Å²) in [6.07, 6.45) is 3.61. The minimum absolute atomic E-state index is 0.0183. The summed E-state index contributed by atoms with van der Waals surface area (Å²) in [6.45, 7) is 4.16. The van der Waals surface area contributed by atoms with Gasteiger partial charge in [-0.3, -0.25) is 4.79 Å². The van der Waals surface area contributed by atoms with Gasteiger partial charge in [0, 0.05) is 32.5 Å². The molecule has 1 saturated heterocycles. The van der Waals surface area contributed by atoms with Crippen molar-refractivity contribution in [3.05, 3.63) is 35.6 Å². The van der Waals surface area contributed by atoms with Gasteiger partial charge in [0.1, 0.15) is 5.82 Å². The Morgan fingerprint density at radius 3 is 2.84 bits per heavy atom. The van der Waals surface area contributed by atoms with Gasteiger partial charge in [0.05, 0.1) is 11.8 Å². The molecule has 1 aromatic rings. The van der Waals surface area contributed by atoms with Crippen LogP contribution in [0, 0.1) is 5.82 Å². The standard InChI is InChI=1S/C19H25FN2O3/c1-2-9-22(13-17-4-3-10-24-17)19(23)18-12-16(21-25-18)11-14-5-7-15(20)8-6-14/h5-8,17-18H,2-4,9-13H2,1H3/t17-,18-/m0/s1. The molecular formula is C19H25FN2O3. The summed E-state index contributed by atoms with van der Waals surface area (Å²) in [5, 5.41) is 4.07. The van der Waals surface area contributed by atoms with Crippen LogP contribution in [0.25, 0.3) is 0 Å². The van der Waals surface area contributed by atoms with Gasteiger partial charge in [-0.05, 0) is 37.0 Å². The highest BCUT2D eigenvalue weighted by Crippen LogP contribution is 2.19. The molecule has 2 aliphatic heterocycles. The molecule has 0 unspecified atom stereocenters. The number of oxime groups is 1. The highest BCUT2D eigenvalue weighted by atomic mass is 19.1. The van der Waals surface area contributed by atoms with Crippen LogP contribution < -0.4 is 0 Å². The lowest BCUT2D eigenvalue weighted by Gasteiger charge is -2.26. The SMILES string of the molecule is CCCN(C[C@@H]1CCCO1)C(=O)[C@@H]1CC(Cc2ccc(F)cc2)=NO1. The predicted octanol–water partition coefficient (Wildman–Crippen LogP) is 2.93. The molecule has 6 heteroatoms. The number of amides is 1. The average molecular weight is 348 g/mol. The van der Waals surface area contributed by atoms with E-state index in [1.165, 1.54) is 12.1 Å². The van der Waals surface area contributed by atoms with E-state index in [-0.39, 0.29) is 17.8 Å². The number of nitrogens with zero attached hydrogens (tertiary/aromatic N) is 2. The van der Waals surface area contributed by atoms with E-state index in [1.54, 1.807) is 12.1 Å². The van der Waals surface area contributed by atoms with E-state index in [1.807, 2.05) is 4.90 Å². The molecule has 3 rings (SSSR count). The molecular weight excluding hydrogens is 323 g/mol. The van der Waals surface area contributed by atoms with Crippen molar-refractivity contribution in [2.75, 3.05) is 19.7 Å². The Morgan fingerprint density at radius 1 is 1.36 bits per heavy atom. The lowest BCUT2D eigenvalue weighted by Crippen LogP contribution is -2.43. The lowest BCUT2D eigenvalue weighted by atomic mass is 10.0. The summed E-state index contributed by atoms with van der Waals surface area (Å²) in [4.78, 5) is 20.0. The van der Waals surface area contributed by atoms with Crippen molar-refractivity contribution in [1.82, 2.24) is 4.90 Å². The molecule has 2 aliphatic rings. The fraction of sp³-hybridized carbons (Fsp3) is 0.579. The molecule has 0 saturated carbocycles. The fourth-order valence-corrected chi connectivity index (χ4v) is 3.30. The van der Waals surface area contributed by atoms with Crippen LogP contribution in [0.4, 0.5) is 4.39 Å². The highest BCUT2D eigenvalue weighted by Gasteiger charge is 2.33. The van der Waals surface area contributed by atoms with Crippen molar-refractivity contribution in [2.24, 2.45) is 5.16 Å². The van der Waals surface area contributed by atoms with Crippen molar-refractivity contribution in [2.45, 2.75) is 51.2 Å². The Bertz CT molecular complexity index is 612. The maximum atomic E-state index is 13.0. The second kappa shape index (κ2) is 8.43. The molecule has 0 spiro atoms. The van der Waals surface area contributed by atoms with Gasteiger partial charge in [0.2, 0.25) is 6.10 Å². The number of carbonyl (C=O) groups is 1. The zero-order valence-electron chi connectivity index (χ0n) is 14.6. The van der Waals surface area contributed by atoms with E-state index >= 15 is 0 Å². The average Bonchev–Trinajstić information content (AvgIpc) is 3.28. The number of benzene rings is 1. The van der Waals surface area contributed by atoms with Crippen LogP contribution in [-0.4, -0.2) is 48.4 Å². The molecule has 0 aliphatic carbocycles. The third-order valence-corrected chi connectivity index (χ3v) is 4.58. The molecule has 136 valence electrons. The first-order valence-corrected chi connectivity index (χ1v) is 9.02. The maximum Gasteiger partial charge on any atom is 0.266 e. The minimum atomic E-state index is -0.552. The molecule has 0 N–H and O–H groups in total. The lowest BCUT2D eigenvalue weighted by molar-refractivity contribution is -0.143. The number of ether oxygens (including phenoxy) is 1. The quantitative estimate of drug-likeness (QED) is 0.761. The third-order valence-electron chi connectivity index (χ3n) is 4.58. The summed E-state index contributed by atoms with van der Waals surface area (Å²) in [6, 6.07) is 6.32. The van der Waals surface area contributed by atoms with Crippen LogP contribution in [-0.2, 0) is 20.8 Å². The van der Waals surface area contributed by atoms with Crippen LogP contribution in [0.3, 0.4) is 0 Å². The van der Waals surface area contributed by atoms with Gasteiger partial charge in [0.15, 0.2) is 0 Å². The van der Waals surface area contributed by atoms with Crippen molar-refractivity contribution in [1.29, 1.82) is 0 Å². The van der Waals surface area contributed by atoms with Crippen molar-refractivity contribution >= 4 is 11.6 Å². The van der Waals surface area contributed by atoms with Crippen LogP contribution >= 0.6 is 0 Å². The smallest absolute Gasteiger partial charge is 0.266 e. The van der Waals surface area contributed by atoms with Gasteiger partial charge >= 0.3 is 0 Å². The second-order valence-electron chi connectivity index (χ2n) is 6.68. The van der Waals surface area contributed by atoms with E-state index in [0.29, 0.717) is 25.9 Å². The Kier molecular flexibility index (Phi) is 6.02. The molecule has 1 fully saturated rings. The summed E-state index contributed by atoms with van der Waals surface area (Å²) in [7, 11) is 0. The Balaban J connectivity index is 1.54. The van der Waals surface area contributed by atoms with Crippen molar-refractivity contribution in [3.8, 4) is 0 Å². The predicted molar refractivity (Wildman–Crippen MR) is 92.9 cm³/mol. The van der Waals surface area contributed by atoms with Crippen molar-refractivity contribution in [3.63, 3.8) is 0 Å². The van der Waals surface area contributed by atoms with Gasteiger partial charge in [0.25, 0.3) is 5.91 Å². The molecule has 0 radical (unpaired) electrons. The molecule has 25 heavy (non-hydrogen) atoms. The highest BCUT2D eigenvalue weighted by molar-refractivity contribution is 5.94. The Morgan fingerprint density at radius 2 is 2.16 bits per heavy atom. The summed E-state index contributed by atoms with van der Waals surface area (Å²) in [5.74, 6) is -0.277. The number of halogens is 1. The normalized spacial score (nSPS) is 22.6. The first-order chi connectivity index (χ1) is 12.2. The van der Waals surface area contributed by atoms with E-state index in [2.05, 4.69) is 12.1 Å². The first kappa shape index (κ1) is 17.9. The molecule has 0 bridgehead atoms. The zero-order chi connectivity index (χ0) is 17.6. The number of hydrogen-bond acceptors (Lipinski definition) is 4. The number of rotatable bonds is 7. The van der Waals surface area contributed by atoms with Gasteiger partial charge in [-0.1, -0.05) is 24.2 Å². The molecule has 0 aromatic heterocycles. The number of carbonyl (C=O) groups excluding carboxylic acids is 1. The third kappa shape index (κ3) is 4.78. The summed E-state index contributed by atoms with van der Waals surface area (Å²) >= 11 is 0. The summed E-state index contributed by atoms with van der Waals surface area (Å²) < 4.78 is 18.6. The minimum Gasteiger partial charge on any atom is -0.382 e. The fourth-order valence-electron chi connectivity index (χ4n) is 3.30. The van der Waals surface area contributed by atoms with Crippen LogP contribution in [0.5, 0.6) is 0 Å².